The Kier molecular flexibility index (Phi) is 6.43. The summed E-state index contributed by atoms with van der Waals surface area (Å²) in [6.07, 6.45) is 1.44. The molecular formula is C30H24N2O5. The van der Waals surface area contributed by atoms with Gasteiger partial charge in [-0.15, -0.1) is 0 Å². The highest BCUT2D eigenvalue weighted by Gasteiger charge is 2.37. The maximum absolute atomic E-state index is 13.4. The van der Waals surface area contributed by atoms with Gasteiger partial charge in [-0.05, 0) is 53.1 Å². The molecule has 4 amide bonds. The molecule has 184 valence electrons. The van der Waals surface area contributed by atoms with Crippen molar-refractivity contribution in [2.75, 3.05) is 12.0 Å². The molecule has 0 atom stereocenters. The van der Waals surface area contributed by atoms with Gasteiger partial charge in [0.25, 0.3) is 11.8 Å². The molecule has 1 N–H and O–H groups in total. The quantitative estimate of drug-likeness (QED) is 0.288. The highest BCUT2D eigenvalue weighted by molar-refractivity contribution is 6.39. The van der Waals surface area contributed by atoms with Gasteiger partial charge in [-0.2, -0.15) is 0 Å². The minimum Gasteiger partial charge on any atom is -0.497 e. The number of amides is 4. The summed E-state index contributed by atoms with van der Waals surface area (Å²) in [6, 6.07) is 25.3. The number of carbonyl (C=O) groups is 3. The monoisotopic (exact) mass is 492 g/mol. The van der Waals surface area contributed by atoms with E-state index in [0.717, 1.165) is 26.8 Å². The van der Waals surface area contributed by atoms with Gasteiger partial charge in [0.15, 0.2) is 0 Å². The Labute approximate surface area is 213 Å². The minimum atomic E-state index is -0.788. The number of anilines is 1. The number of barbiturate groups is 1. The number of imide groups is 2. The molecule has 0 aliphatic carbocycles. The third-order valence-electron chi connectivity index (χ3n) is 6.24. The van der Waals surface area contributed by atoms with Crippen molar-refractivity contribution < 1.29 is 23.9 Å². The lowest BCUT2D eigenvalue weighted by atomic mass is 10.0. The van der Waals surface area contributed by atoms with E-state index in [1.807, 2.05) is 48.5 Å². The molecule has 1 aliphatic rings. The number of hydrogen-bond acceptors (Lipinski definition) is 5. The number of benzene rings is 4. The summed E-state index contributed by atoms with van der Waals surface area (Å²) in [4.78, 5) is 39.7. The molecule has 1 fully saturated rings. The van der Waals surface area contributed by atoms with Crippen molar-refractivity contribution in [2.24, 2.45) is 0 Å². The van der Waals surface area contributed by atoms with Gasteiger partial charge in [0.05, 0.1) is 12.8 Å². The van der Waals surface area contributed by atoms with Gasteiger partial charge in [-0.1, -0.05) is 60.7 Å². The molecule has 0 radical (unpaired) electrons. The number of nitrogens with zero attached hydrogens (tertiary/aromatic N) is 1. The van der Waals surface area contributed by atoms with E-state index in [2.05, 4.69) is 5.32 Å². The fourth-order valence-electron chi connectivity index (χ4n) is 4.31. The van der Waals surface area contributed by atoms with Crippen molar-refractivity contribution >= 4 is 40.4 Å². The number of carbonyl (C=O) groups excluding carboxylic acids is 3. The number of para-hydroxylation sites is 1. The van der Waals surface area contributed by atoms with Crippen LogP contribution in [0.5, 0.6) is 11.5 Å². The van der Waals surface area contributed by atoms with E-state index in [-0.39, 0.29) is 12.2 Å². The zero-order valence-electron chi connectivity index (χ0n) is 20.4. The lowest BCUT2D eigenvalue weighted by Gasteiger charge is -2.27. The number of ether oxygens (including phenoxy) is 2. The highest BCUT2D eigenvalue weighted by atomic mass is 16.5. The number of methoxy groups -OCH3 is 1. The summed E-state index contributed by atoms with van der Waals surface area (Å²) in [5.41, 5.74) is 2.44. The normalized spacial score (nSPS) is 14.7. The predicted molar refractivity (Wildman–Crippen MR) is 141 cm³/mol. The lowest BCUT2D eigenvalue weighted by molar-refractivity contribution is -0.122. The number of aryl methyl sites for hydroxylation is 1. The van der Waals surface area contributed by atoms with Crippen LogP contribution in [-0.2, 0) is 16.2 Å². The van der Waals surface area contributed by atoms with Crippen LogP contribution in [0.4, 0.5) is 10.5 Å². The molecule has 7 nitrogen and oxygen atoms in total. The molecule has 1 saturated heterocycles. The summed E-state index contributed by atoms with van der Waals surface area (Å²) < 4.78 is 11.6. The van der Waals surface area contributed by atoms with E-state index < -0.39 is 17.8 Å². The van der Waals surface area contributed by atoms with Crippen LogP contribution in [0.25, 0.3) is 16.8 Å². The van der Waals surface area contributed by atoms with E-state index in [9.17, 15) is 14.4 Å². The van der Waals surface area contributed by atoms with Crippen LogP contribution >= 0.6 is 0 Å². The van der Waals surface area contributed by atoms with E-state index in [0.29, 0.717) is 22.7 Å². The average molecular weight is 493 g/mol. The first-order valence-corrected chi connectivity index (χ1v) is 11.7. The topological polar surface area (TPSA) is 84.9 Å². The average Bonchev–Trinajstić information content (AvgIpc) is 2.91. The fraction of sp³-hybridized carbons (Fsp3) is 0.100. The van der Waals surface area contributed by atoms with Crippen LogP contribution in [0.2, 0.25) is 0 Å². The first-order chi connectivity index (χ1) is 18.0. The van der Waals surface area contributed by atoms with Crippen molar-refractivity contribution in [3.8, 4) is 11.5 Å². The van der Waals surface area contributed by atoms with Crippen LogP contribution in [0.15, 0.2) is 90.5 Å². The number of hydrogen-bond donors (Lipinski definition) is 1. The first-order valence-electron chi connectivity index (χ1n) is 11.7. The van der Waals surface area contributed by atoms with Crippen molar-refractivity contribution in [3.63, 3.8) is 0 Å². The SMILES string of the molecule is COc1ccc(/C=C2\C(=O)NC(=O)N(c3ccccc3C)C2=O)c(OCc2cccc3ccccc23)c1. The molecule has 0 spiro atoms. The first kappa shape index (κ1) is 23.8. The second-order valence-electron chi connectivity index (χ2n) is 8.58. The van der Waals surface area contributed by atoms with Crippen LogP contribution in [0, 0.1) is 6.92 Å². The van der Waals surface area contributed by atoms with Gasteiger partial charge in [0.2, 0.25) is 0 Å². The van der Waals surface area contributed by atoms with Gasteiger partial charge < -0.3 is 9.47 Å². The molecule has 5 rings (SSSR count). The highest BCUT2D eigenvalue weighted by Crippen LogP contribution is 2.31. The largest absolute Gasteiger partial charge is 0.497 e. The van der Waals surface area contributed by atoms with Crippen molar-refractivity contribution in [2.45, 2.75) is 13.5 Å². The standard InChI is InChI=1S/C30H24N2O5/c1-19-8-3-6-13-26(19)32-29(34)25(28(33)31-30(32)35)16-21-14-15-23(36-2)17-27(21)37-18-22-11-7-10-20-9-4-5-12-24(20)22/h3-17H,18H2,1-2H3,(H,31,33,35)/b25-16+. The van der Waals surface area contributed by atoms with Crippen molar-refractivity contribution in [3.05, 3.63) is 107 Å². The van der Waals surface area contributed by atoms with E-state index in [1.165, 1.54) is 6.08 Å². The Morgan fingerprint density at radius 3 is 2.46 bits per heavy atom. The van der Waals surface area contributed by atoms with Gasteiger partial charge >= 0.3 is 6.03 Å². The van der Waals surface area contributed by atoms with Gasteiger partial charge in [-0.3, -0.25) is 14.9 Å². The summed E-state index contributed by atoms with van der Waals surface area (Å²) >= 11 is 0. The van der Waals surface area contributed by atoms with Gasteiger partial charge in [-0.25, -0.2) is 9.69 Å². The Balaban J connectivity index is 1.51. The van der Waals surface area contributed by atoms with Crippen LogP contribution in [0.3, 0.4) is 0 Å². The summed E-state index contributed by atoms with van der Waals surface area (Å²) in [5.74, 6) is -0.486. The Morgan fingerprint density at radius 2 is 1.65 bits per heavy atom. The molecule has 4 aromatic carbocycles. The number of fused-ring (bicyclic) bond motifs is 1. The maximum Gasteiger partial charge on any atom is 0.335 e. The van der Waals surface area contributed by atoms with Gasteiger partial charge in [0, 0.05) is 11.6 Å². The Morgan fingerprint density at radius 1 is 0.892 bits per heavy atom. The molecule has 37 heavy (non-hydrogen) atoms. The number of rotatable bonds is 6. The van der Waals surface area contributed by atoms with Crippen molar-refractivity contribution in [1.29, 1.82) is 0 Å². The molecule has 0 saturated carbocycles. The lowest BCUT2D eigenvalue weighted by Crippen LogP contribution is -2.54. The molecule has 1 heterocycles. The number of nitrogens with one attached hydrogen (secondary N) is 1. The molecule has 4 aromatic rings. The Bertz CT molecular complexity index is 1570. The zero-order chi connectivity index (χ0) is 25.9. The van der Waals surface area contributed by atoms with Gasteiger partial charge in [0.1, 0.15) is 23.7 Å². The van der Waals surface area contributed by atoms with E-state index in [4.69, 9.17) is 9.47 Å². The molecule has 1 aliphatic heterocycles. The van der Waals surface area contributed by atoms with E-state index in [1.54, 1.807) is 50.4 Å². The number of urea groups is 1. The van der Waals surface area contributed by atoms with Crippen molar-refractivity contribution in [1.82, 2.24) is 5.32 Å². The Hall–Kier alpha value is -4.91. The third-order valence-corrected chi connectivity index (χ3v) is 6.24. The molecule has 7 heteroatoms. The maximum atomic E-state index is 13.4. The zero-order valence-corrected chi connectivity index (χ0v) is 20.4. The molecule has 0 aromatic heterocycles. The predicted octanol–water partition coefficient (Wildman–Crippen LogP) is 5.40. The summed E-state index contributed by atoms with van der Waals surface area (Å²) in [6.45, 7) is 2.05. The smallest absolute Gasteiger partial charge is 0.335 e. The summed E-state index contributed by atoms with van der Waals surface area (Å²) in [7, 11) is 1.55. The van der Waals surface area contributed by atoms with E-state index >= 15 is 0 Å². The second kappa shape index (κ2) is 9.99. The third kappa shape index (κ3) is 4.67. The summed E-state index contributed by atoms with van der Waals surface area (Å²) in [5, 5.41) is 4.44. The molecular weight excluding hydrogens is 468 g/mol. The second-order valence-corrected chi connectivity index (χ2v) is 8.58. The minimum absolute atomic E-state index is 0.178. The molecule has 0 bridgehead atoms. The van der Waals surface area contributed by atoms with Crippen LogP contribution in [-0.4, -0.2) is 25.0 Å². The fourth-order valence-corrected chi connectivity index (χ4v) is 4.31. The van der Waals surface area contributed by atoms with Crippen LogP contribution < -0.4 is 19.7 Å². The molecule has 0 unspecified atom stereocenters. The van der Waals surface area contributed by atoms with Crippen LogP contribution in [0.1, 0.15) is 16.7 Å².